The SMILES string of the molecule is Cc1ccc(-c2ccc(-n3nc(C)c(S(=O)(=O)NCC4CCCO4)c3C)nn2)cc1. The fourth-order valence-electron chi connectivity index (χ4n) is 3.64. The standard InChI is InChI=1S/C21H25N5O3S/c1-14-6-8-17(9-7-14)19-10-11-20(24-23-19)26-16(3)21(15(2)25-26)30(27,28)22-13-18-5-4-12-29-18/h6-11,18,22H,4-5,12-13H2,1-3H3. The first-order valence-corrected chi connectivity index (χ1v) is 11.4. The monoisotopic (exact) mass is 427 g/mol. The first-order chi connectivity index (χ1) is 14.3. The highest BCUT2D eigenvalue weighted by molar-refractivity contribution is 7.89. The summed E-state index contributed by atoms with van der Waals surface area (Å²) in [6, 6.07) is 11.7. The van der Waals surface area contributed by atoms with Crippen LogP contribution in [0.3, 0.4) is 0 Å². The lowest BCUT2D eigenvalue weighted by Gasteiger charge is -2.11. The molecule has 1 saturated heterocycles. The first kappa shape index (κ1) is 20.6. The van der Waals surface area contributed by atoms with Gasteiger partial charge < -0.3 is 4.74 Å². The van der Waals surface area contributed by atoms with E-state index in [-0.39, 0.29) is 17.5 Å². The van der Waals surface area contributed by atoms with E-state index in [0.29, 0.717) is 23.8 Å². The van der Waals surface area contributed by atoms with Crippen LogP contribution in [0.15, 0.2) is 41.3 Å². The van der Waals surface area contributed by atoms with Crippen molar-refractivity contribution >= 4 is 10.0 Å². The van der Waals surface area contributed by atoms with Crippen molar-refractivity contribution in [3.05, 3.63) is 53.3 Å². The summed E-state index contributed by atoms with van der Waals surface area (Å²) in [6.45, 7) is 6.37. The van der Waals surface area contributed by atoms with E-state index in [1.165, 1.54) is 10.2 Å². The highest BCUT2D eigenvalue weighted by Gasteiger charge is 2.27. The quantitative estimate of drug-likeness (QED) is 0.649. The predicted octanol–water partition coefficient (Wildman–Crippen LogP) is 2.71. The van der Waals surface area contributed by atoms with E-state index in [1.54, 1.807) is 19.9 Å². The maximum Gasteiger partial charge on any atom is 0.244 e. The molecule has 1 aliphatic rings. The van der Waals surface area contributed by atoms with Gasteiger partial charge in [0.25, 0.3) is 0 Å². The molecule has 0 bridgehead atoms. The van der Waals surface area contributed by atoms with Crippen LogP contribution in [0, 0.1) is 20.8 Å². The van der Waals surface area contributed by atoms with Gasteiger partial charge in [0.15, 0.2) is 5.82 Å². The maximum absolute atomic E-state index is 12.9. The van der Waals surface area contributed by atoms with E-state index < -0.39 is 10.0 Å². The molecule has 0 amide bonds. The van der Waals surface area contributed by atoms with Gasteiger partial charge in [-0.25, -0.2) is 17.8 Å². The molecule has 1 aliphatic heterocycles. The third kappa shape index (κ3) is 4.14. The number of nitrogens with zero attached hydrogens (tertiary/aromatic N) is 4. The molecular formula is C21H25N5O3S. The molecular weight excluding hydrogens is 402 g/mol. The minimum Gasteiger partial charge on any atom is -0.377 e. The molecule has 1 N–H and O–H groups in total. The molecule has 3 heterocycles. The fraction of sp³-hybridized carbons (Fsp3) is 0.381. The minimum absolute atomic E-state index is 0.0735. The third-order valence-electron chi connectivity index (χ3n) is 5.23. The van der Waals surface area contributed by atoms with Crippen LogP contribution in [0.25, 0.3) is 17.1 Å². The fourth-order valence-corrected chi connectivity index (χ4v) is 5.09. The van der Waals surface area contributed by atoms with E-state index in [9.17, 15) is 8.42 Å². The van der Waals surface area contributed by atoms with Crippen molar-refractivity contribution in [1.29, 1.82) is 0 Å². The highest BCUT2D eigenvalue weighted by Crippen LogP contribution is 2.23. The molecule has 158 valence electrons. The third-order valence-corrected chi connectivity index (χ3v) is 6.91. The Labute approximate surface area is 176 Å². The topological polar surface area (TPSA) is 99.0 Å². The summed E-state index contributed by atoms with van der Waals surface area (Å²) in [5, 5.41) is 13.0. The molecule has 0 saturated carbocycles. The lowest BCUT2D eigenvalue weighted by molar-refractivity contribution is 0.114. The number of aryl methyl sites for hydroxylation is 2. The number of hydrogen-bond acceptors (Lipinski definition) is 6. The average Bonchev–Trinajstić information content (AvgIpc) is 3.35. The van der Waals surface area contributed by atoms with E-state index in [2.05, 4.69) is 20.0 Å². The molecule has 0 aliphatic carbocycles. The lowest BCUT2D eigenvalue weighted by atomic mass is 10.1. The summed E-state index contributed by atoms with van der Waals surface area (Å²) in [6.07, 6.45) is 1.75. The molecule has 1 fully saturated rings. The Morgan fingerprint density at radius 1 is 1.10 bits per heavy atom. The van der Waals surface area contributed by atoms with Gasteiger partial charge in [0.2, 0.25) is 10.0 Å². The van der Waals surface area contributed by atoms with Gasteiger partial charge in [0.1, 0.15) is 4.90 Å². The number of ether oxygens (including phenoxy) is 1. The zero-order chi connectivity index (χ0) is 21.3. The van der Waals surface area contributed by atoms with Crippen molar-refractivity contribution in [2.24, 2.45) is 0 Å². The molecule has 1 atom stereocenters. The maximum atomic E-state index is 12.9. The normalized spacial score (nSPS) is 16.8. The zero-order valence-corrected chi connectivity index (χ0v) is 18.1. The highest BCUT2D eigenvalue weighted by atomic mass is 32.2. The van der Waals surface area contributed by atoms with Gasteiger partial charge in [-0.1, -0.05) is 29.8 Å². The van der Waals surface area contributed by atoms with Crippen molar-refractivity contribution in [1.82, 2.24) is 24.7 Å². The molecule has 0 spiro atoms. The first-order valence-electron chi connectivity index (χ1n) is 9.94. The van der Waals surface area contributed by atoms with Crippen molar-refractivity contribution in [2.45, 2.75) is 44.6 Å². The van der Waals surface area contributed by atoms with Crippen molar-refractivity contribution < 1.29 is 13.2 Å². The van der Waals surface area contributed by atoms with Gasteiger partial charge in [-0.2, -0.15) is 5.10 Å². The second kappa shape index (κ2) is 8.25. The number of sulfonamides is 1. The van der Waals surface area contributed by atoms with Gasteiger partial charge in [-0.05, 0) is 45.7 Å². The molecule has 4 rings (SSSR count). The Morgan fingerprint density at radius 2 is 1.87 bits per heavy atom. The summed E-state index contributed by atoms with van der Waals surface area (Å²) in [5.41, 5.74) is 3.79. The predicted molar refractivity (Wildman–Crippen MR) is 113 cm³/mol. The number of hydrogen-bond donors (Lipinski definition) is 1. The van der Waals surface area contributed by atoms with Crippen LogP contribution in [0.1, 0.15) is 29.8 Å². The molecule has 1 aromatic carbocycles. The Balaban J connectivity index is 1.59. The second-order valence-corrected chi connectivity index (χ2v) is 9.25. The average molecular weight is 428 g/mol. The molecule has 0 radical (unpaired) electrons. The summed E-state index contributed by atoms with van der Waals surface area (Å²) < 4.78 is 35.5. The van der Waals surface area contributed by atoms with Crippen LogP contribution in [0.2, 0.25) is 0 Å². The Bertz CT molecular complexity index is 1130. The van der Waals surface area contributed by atoms with Crippen LogP contribution in [0.4, 0.5) is 0 Å². The summed E-state index contributed by atoms with van der Waals surface area (Å²) in [4.78, 5) is 0.171. The van der Waals surface area contributed by atoms with Gasteiger partial charge in [-0.15, -0.1) is 10.2 Å². The van der Waals surface area contributed by atoms with E-state index in [1.807, 2.05) is 37.3 Å². The van der Waals surface area contributed by atoms with Crippen molar-refractivity contribution in [3.63, 3.8) is 0 Å². The summed E-state index contributed by atoms with van der Waals surface area (Å²) >= 11 is 0. The number of rotatable bonds is 6. The van der Waals surface area contributed by atoms with Gasteiger partial charge in [-0.3, -0.25) is 0 Å². The molecule has 2 aromatic heterocycles. The smallest absolute Gasteiger partial charge is 0.244 e. The molecule has 3 aromatic rings. The summed E-state index contributed by atoms with van der Waals surface area (Å²) in [5.74, 6) is 0.465. The second-order valence-electron chi connectivity index (χ2n) is 7.54. The molecule has 8 nitrogen and oxygen atoms in total. The Kier molecular flexibility index (Phi) is 5.68. The van der Waals surface area contributed by atoms with E-state index in [4.69, 9.17) is 4.74 Å². The van der Waals surface area contributed by atoms with E-state index in [0.717, 1.165) is 24.1 Å². The zero-order valence-electron chi connectivity index (χ0n) is 17.3. The van der Waals surface area contributed by atoms with E-state index >= 15 is 0 Å². The van der Waals surface area contributed by atoms with Crippen LogP contribution < -0.4 is 4.72 Å². The molecule has 30 heavy (non-hydrogen) atoms. The number of aromatic nitrogens is 4. The van der Waals surface area contributed by atoms with Gasteiger partial charge in [0, 0.05) is 18.7 Å². The van der Waals surface area contributed by atoms with Crippen molar-refractivity contribution in [2.75, 3.05) is 13.2 Å². The van der Waals surface area contributed by atoms with Crippen LogP contribution >= 0.6 is 0 Å². The molecule has 9 heteroatoms. The number of nitrogens with one attached hydrogen (secondary N) is 1. The minimum atomic E-state index is -3.71. The summed E-state index contributed by atoms with van der Waals surface area (Å²) in [7, 11) is -3.71. The van der Waals surface area contributed by atoms with Gasteiger partial charge >= 0.3 is 0 Å². The Morgan fingerprint density at radius 3 is 2.50 bits per heavy atom. The lowest BCUT2D eigenvalue weighted by Crippen LogP contribution is -2.32. The van der Waals surface area contributed by atoms with Gasteiger partial charge in [0.05, 0.1) is 23.2 Å². The molecule has 1 unspecified atom stereocenters. The van der Waals surface area contributed by atoms with Crippen LogP contribution in [-0.2, 0) is 14.8 Å². The van der Waals surface area contributed by atoms with Crippen LogP contribution in [-0.4, -0.2) is 47.7 Å². The number of benzene rings is 1. The largest absolute Gasteiger partial charge is 0.377 e. The van der Waals surface area contributed by atoms with Crippen LogP contribution in [0.5, 0.6) is 0 Å². The Hall–Kier alpha value is -2.62. The van der Waals surface area contributed by atoms with Crippen molar-refractivity contribution in [3.8, 4) is 17.1 Å².